The van der Waals surface area contributed by atoms with Gasteiger partial charge in [0.2, 0.25) is 5.91 Å². The number of hydrogen-bond donors (Lipinski definition) is 1. The minimum Gasteiger partial charge on any atom is -0.324 e. The number of nitrogens with one attached hydrogen (secondary N) is 1. The van der Waals surface area contributed by atoms with Crippen molar-refractivity contribution in [1.29, 1.82) is 0 Å². The fourth-order valence-corrected chi connectivity index (χ4v) is 3.20. The second-order valence-electron chi connectivity index (χ2n) is 5.60. The number of benzene rings is 1. The Morgan fingerprint density at radius 1 is 1.25 bits per heavy atom. The minimum atomic E-state index is -0.0682. The van der Waals surface area contributed by atoms with Gasteiger partial charge in [-0.1, -0.05) is 18.9 Å². The van der Waals surface area contributed by atoms with Crippen LogP contribution in [0.3, 0.4) is 0 Å². The van der Waals surface area contributed by atoms with Crippen molar-refractivity contribution >= 4 is 27.5 Å². The third-order valence-electron chi connectivity index (χ3n) is 3.95. The first-order valence-electron chi connectivity index (χ1n) is 7.39. The van der Waals surface area contributed by atoms with Crippen molar-refractivity contribution in [3.8, 4) is 0 Å². The predicted molar refractivity (Wildman–Crippen MR) is 87.0 cm³/mol. The van der Waals surface area contributed by atoms with Crippen LogP contribution < -0.4 is 5.32 Å². The first-order valence-corrected chi connectivity index (χ1v) is 8.18. The maximum atomic E-state index is 12.4. The molecule has 0 saturated carbocycles. The summed E-state index contributed by atoms with van der Waals surface area (Å²) in [5, 5.41) is 3.03. The first-order chi connectivity index (χ1) is 9.58. The SMILES string of the molecule is Cc1ccc(NC(=O)[C@@H](C)N2CCCCCC2)c(Br)c1. The van der Waals surface area contributed by atoms with Crippen LogP contribution in [-0.2, 0) is 4.79 Å². The van der Waals surface area contributed by atoms with Gasteiger partial charge in [0.15, 0.2) is 0 Å². The highest BCUT2D eigenvalue weighted by molar-refractivity contribution is 9.10. The molecule has 1 amide bonds. The molecule has 1 aliphatic heterocycles. The average Bonchev–Trinajstić information content (AvgIpc) is 2.70. The lowest BCUT2D eigenvalue weighted by Crippen LogP contribution is -2.42. The maximum absolute atomic E-state index is 12.4. The molecular formula is C16H23BrN2O. The molecule has 1 aromatic rings. The van der Waals surface area contributed by atoms with Crippen LogP contribution in [-0.4, -0.2) is 29.9 Å². The van der Waals surface area contributed by atoms with Crippen molar-refractivity contribution < 1.29 is 4.79 Å². The number of hydrogen-bond acceptors (Lipinski definition) is 2. The number of anilines is 1. The van der Waals surface area contributed by atoms with E-state index < -0.39 is 0 Å². The molecule has 4 heteroatoms. The van der Waals surface area contributed by atoms with Crippen LogP contribution >= 0.6 is 15.9 Å². The van der Waals surface area contributed by atoms with Crippen LogP contribution in [0.25, 0.3) is 0 Å². The van der Waals surface area contributed by atoms with Crippen LogP contribution in [0.2, 0.25) is 0 Å². The number of halogens is 1. The Bertz CT molecular complexity index is 468. The zero-order chi connectivity index (χ0) is 14.5. The number of nitrogens with zero attached hydrogens (tertiary/aromatic N) is 1. The Hall–Kier alpha value is -0.870. The standard InChI is InChI=1S/C16H23BrN2O/c1-12-7-8-15(14(17)11-12)18-16(20)13(2)19-9-5-3-4-6-10-19/h7-8,11,13H,3-6,9-10H2,1-2H3,(H,18,20)/t13-/m1/s1. The van der Waals surface area contributed by atoms with E-state index in [2.05, 4.69) is 26.1 Å². The number of amides is 1. The molecule has 1 N–H and O–H groups in total. The largest absolute Gasteiger partial charge is 0.324 e. The lowest BCUT2D eigenvalue weighted by Gasteiger charge is -2.26. The molecule has 0 unspecified atom stereocenters. The first kappa shape index (κ1) is 15.5. The lowest BCUT2D eigenvalue weighted by atomic mass is 10.2. The summed E-state index contributed by atoms with van der Waals surface area (Å²) in [5.74, 6) is 0.0800. The topological polar surface area (TPSA) is 32.3 Å². The van der Waals surface area contributed by atoms with Gasteiger partial charge >= 0.3 is 0 Å². The van der Waals surface area contributed by atoms with Gasteiger partial charge in [-0.25, -0.2) is 0 Å². The Kier molecular flexibility index (Phi) is 5.61. The van der Waals surface area contributed by atoms with Gasteiger partial charge in [-0.3, -0.25) is 9.69 Å². The number of carbonyl (C=O) groups is 1. The summed E-state index contributed by atoms with van der Waals surface area (Å²) in [4.78, 5) is 14.7. The average molecular weight is 339 g/mol. The molecule has 0 aromatic heterocycles. The van der Waals surface area contributed by atoms with E-state index in [1.807, 2.05) is 32.0 Å². The number of carbonyl (C=O) groups excluding carboxylic acids is 1. The fourth-order valence-electron chi connectivity index (χ4n) is 2.61. The molecule has 20 heavy (non-hydrogen) atoms. The van der Waals surface area contributed by atoms with Gasteiger partial charge in [0, 0.05) is 4.47 Å². The van der Waals surface area contributed by atoms with Gasteiger partial charge in [-0.15, -0.1) is 0 Å². The highest BCUT2D eigenvalue weighted by atomic mass is 79.9. The van der Waals surface area contributed by atoms with Crippen molar-refractivity contribution in [2.24, 2.45) is 0 Å². The Morgan fingerprint density at radius 3 is 2.50 bits per heavy atom. The molecule has 0 aliphatic carbocycles. The fraction of sp³-hybridized carbons (Fsp3) is 0.562. The molecule has 1 saturated heterocycles. The van der Waals surface area contributed by atoms with Crippen LogP contribution in [0.4, 0.5) is 5.69 Å². The van der Waals surface area contributed by atoms with Gasteiger partial charge in [-0.05, 0) is 73.4 Å². The minimum absolute atomic E-state index is 0.0682. The maximum Gasteiger partial charge on any atom is 0.241 e. The molecule has 0 bridgehead atoms. The highest BCUT2D eigenvalue weighted by Gasteiger charge is 2.22. The summed E-state index contributed by atoms with van der Waals surface area (Å²) >= 11 is 3.50. The van der Waals surface area contributed by atoms with Crippen molar-refractivity contribution in [1.82, 2.24) is 4.90 Å². The van der Waals surface area contributed by atoms with E-state index in [1.54, 1.807) is 0 Å². The van der Waals surface area contributed by atoms with Crippen molar-refractivity contribution in [2.45, 2.75) is 45.6 Å². The molecule has 3 nitrogen and oxygen atoms in total. The second-order valence-corrected chi connectivity index (χ2v) is 6.45. The third kappa shape index (κ3) is 4.06. The highest BCUT2D eigenvalue weighted by Crippen LogP contribution is 2.24. The summed E-state index contributed by atoms with van der Waals surface area (Å²) in [6.45, 7) is 6.10. The predicted octanol–water partition coefficient (Wildman–Crippen LogP) is 3.96. The third-order valence-corrected chi connectivity index (χ3v) is 4.61. The van der Waals surface area contributed by atoms with Crippen LogP contribution in [0.15, 0.2) is 22.7 Å². The zero-order valence-electron chi connectivity index (χ0n) is 12.3. The van der Waals surface area contributed by atoms with E-state index in [9.17, 15) is 4.79 Å². The molecule has 0 radical (unpaired) electrons. The van der Waals surface area contributed by atoms with E-state index >= 15 is 0 Å². The number of likely N-dealkylation sites (tertiary alicyclic amines) is 1. The normalized spacial score (nSPS) is 18.4. The Balaban J connectivity index is 1.99. The van der Waals surface area contributed by atoms with E-state index in [0.29, 0.717) is 0 Å². The van der Waals surface area contributed by atoms with Crippen molar-refractivity contribution in [2.75, 3.05) is 18.4 Å². The van der Waals surface area contributed by atoms with E-state index in [4.69, 9.17) is 0 Å². The summed E-state index contributed by atoms with van der Waals surface area (Å²) < 4.78 is 0.939. The van der Waals surface area contributed by atoms with E-state index in [-0.39, 0.29) is 11.9 Å². The molecule has 1 aliphatic rings. The van der Waals surface area contributed by atoms with Crippen molar-refractivity contribution in [3.05, 3.63) is 28.2 Å². The van der Waals surface area contributed by atoms with Crippen LogP contribution in [0.1, 0.15) is 38.2 Å². The number of rotatable bonds is 3. The molecule has 0 spiro atoms. The van der Waals surface area contributed by atoms with E-state index in [1.165, 1.54) is 31.2 Å². The zero-order valence-corrected chi connectivity index (χ0v) is 13.9. The van der Waals surface area contributed by atoms with Gasteiger partial charge in [-0.2, -0.15) is 0 Å². The molecule has 1 aromatic carbocycles. The van der Waals surface area contributed by atoms with Crippen LogP contribution in [0.5, 0.6) is 0 Å². The van der Waals surface area contributed by atoms with Crippen LogP contribution in [0, 0.1) is 6.92 Å². The molecule has 1 heterocycles. The monoisotopic (exact) mass is 338 g/mol. The molecule has 1 fully saturated rings. The Labute approximate surface area is 129 Å². The van der Waals surface area contributed by atoms with Gasteiger partial charge in [0.05, 0.1) is 11.7 Å². The van der Waals surface area contributed by atoms with Gasteiger partial charge in [0.1, 0.15) is 0 Å². The van der Waals surface area contributed by atoms with E-state index in [0.717, 1.165) is 23.2 Å². The summed E-state index contributed by atoms with van der Waals surface area (Å²) in [5.41, 5.74) is 2.03. The summed E-state index contributed by atoms with van der Waals surface area (Å²) in [6.07, 6.45) is 4.97. The van der Waals surface area contributed by atoms with Gasteiger partial charge < -0.3 is 5.32 Å². The smallest absolute Gasteiger partial charge is 0.241 e. The Morgan fingerprint density at radius 2 is 1.90 bits per heavy atom. The number of aryl methyl sites for hydroxylation is 1. The summed E-state index contributed by atoms with van der Waals surface area (Å²) in [7, 11) is 0. The second kappa shape index (κ2) is 7.23. The molecule has 110 valence electrons. The van der Waals surface area contributed by atoms with Gasteiger partial charge in [0.25, 0.3) is 0 Å². The molecule has 1 atom stereocenters. The summed E-state index contributed by atoms with van der Waals surface area (Å²) in [6, 6.07) is 5.91. The lowest BCUT2D eigenvalue weighted by molar-refractivity contribution is -0.120. The quantitative estimate of drug-likeness (QED) is 0.904. The molecular weight excluding hydrogens is 316 g/mol. The van der Waals surface area contributed by atoms with Crippen molar-refractivity contribution in [3.63, 3.8) is 0 Å². The molecule has 2 rings (SSSR count).